The number of fused-ring (bicyclic) bond motifs is 1. The van der Waals surface area contributed by atoms with Crippen LogP contribution < -0.4 is 0 Å². The molecule has 366 valence electrons. The number of benzene rings is 2. The fourth-order valence-corrected chi connectivity index (χ4v) is 8.95. The molecule has 2 amide bonds. The van der Waals surface area contributed by atoms with Gasteiger partial charge in [-0.25, -0.2) is 4.57 Å². The second-order valence-electron chi connectivity index (χ2n) is 17.4. The minimum Gasteiger partial charge on any atom is -0.462 e. The summed E-state index contributed by atoms with van der Waals surface area (Å²) < 4.78 is 42.5. The molecule has 0 aliphatic carbocycles. The number of hydrogen-bond acceptors (Lipinski definition) is 11. The third-order valence-corrected chi connectivity index (χ3v) is 13.1. The maximum atomic E-state index is 14.1. The van der Waals surface area contributed by atoms with Gasteiger partial charge in [-0.2, -0.15) is 0 Å². The number of amides is 2. The normalized spacial score (nSPS) is 13.8. The van der Waals surface area contributed by atoms with Crippen molar-refractivity contribution < 1.29 is 51.6 Å². The Labute approximate surface area is 391 Å². The molecule has 12 nitrogen and oxygen atoms in total. The summed E-state index contributed by atoms with van der Waals surface area (Å²) in [6.07, 6.45) is 30.4. The summed E-state index contributed by atoms with van der Waals surface area (Å²) in [5, 5.41) is 0.643. The highest BCUT2D eigenvalue weighted by Gasteiger charge is 2.37. The first-order valence-electron chi connectivity index (χ1n) is 25.3. The number of carbonyl (C=O) groups excluding carboxylic acids is 4. The fraction of sp³-hybridized carbons (Fsp3) is 0.692. The molecule has 1 unspecified atom stereocenters. The van der Waals surface area contributed by atoms with Crippen LogP contribution >= 0.6 is 7.82 Å². The molecule has 0 fully saturated rings. The van der Waals surface area contributed by atoms with Crippen LogP contribution in [-0.4, -0.2) is 61.3 Å². The summed E-state index contributed by atoms with van der Waals surface area (Å²) in [6.45, 7) is 2.92. The Morgan fingerprint density at radius 1 is 0.508 bits per heavy atom. The van der Waals surface area contributed by atoms with Gasteiger partial charge in [0.05, 0.1) is 37.6 Å². The van der Waals surface area contributed by atoms with Gasteiger partial charge in [0.2, 0.25) is 0 Å². The van der Waals surface area contributed by atoms with Crippen LogP contribution in [0.25, 0.3) is 0 Å². The number of unbranched alkanes of at least 4 members (excludes halogenated alkanes) is 24. The average molecular weight is 928 g/mol. The van der Waals surface area contributed by atoms with Crippen molar-refractivity contribution in [1.29, 1.82) is 0 Å². The summed E-state index contributed by atoms with van der Waals surface area (Å²) in [5.41, 5.74) is 1.14. The number of phosphoric ester groups is 1. The SMILES string of the molecule is CCCCCCCCCCCCCCCC(=O)OC[C@H](COP(=O)(OCCON1C(=O)c2ccccc2C1=O)OCc1ccccc1)OC(=O)CCCCCCCCCCCCCCC. The van der Waals surface area contributed by atoms with Crippen molar-refractivity contribution in [3.63, 3.8) is 0 Å². The zero-order valence-electron chi connectivity index (χ0n) is 40.0. The molecular formula is C52H82NO11P. The van der Waals surface area contributed by atoms with E-state index in [9.17, 15) is 23.7 Å². The zero-order valence-corrected chi connectivity index (χ0v) is 40.9. The van der Waals surface area contributed by atoms with Gasteiger partial charge in [-0.15, -0.1) is 5.06 Å². The van der Waals surface area contributed by atoms with Crippen molar-refractivity contribution in [2.24, 2.45) is 0 Å². The predicted octanol–water partition coefficient (Wildman–Crippen LogP) is 14.0. The molecule has 0 saturated carbocycles. The second-order valence-corrected chi connectivity index (χ2v) is 19.1. The average Bonchev–Trinajstić information content (AvgIpc) is 3.56. The number of nitrogens with zero attached hydrogens (tertiary/aromatic N) is 1. The van der Waals surface area contributed by atoms with E-state index in [1.54, 1.807) is 36.4 Å². The first kappa shape index (κ1) is 55.9. The first-order chi connectivity index (χ1) is 31.8. The Kier molecular flexibility index (Phi) is 30.7. The topological polar surface area (TPSA) is 144 Å². The monoisotopic (exact) mass is 928 g/mol. The predicted molar refractivity (Wildman–Crippen MR) is 255 cm³/mol. The van der Waals surface area contributed by atoms with E-state index in [4.69, 9.17) is 27.9 Å². The lowest BCUT2D eigenvalue weighted by Crippen LogP contribution is -2.31. The molecule has 13 heteroatoms. The number of rotatable bonds is 42. The minimum absolute atomic E-state index is 0.130. The van der Waals surface area contributed by atoms with Crippen molar-refractivity contribution in [3.05, 3.63) is 71.3 Å². The van der Waals surface area contributed by atoms with Gasteiger partial charge >= 0.3 is 19.8 Å². The summed E-state index contributed by atoms with van der Waals surface area (Å²) in [6, 6.07) is 15.4. The van der Waals surface area contributed by atoms with Crippen molar-refractivity contribution in [2.45, 2.75) is 206 Å². The van der Waals surface area contributed by atoms with Gasteiger partial charge in [0.25, 0.3) is 11.8 Å². The fourth-order valence-electron chi connectivity index (χ4n) is 7.77. The van der Waals surface area contributed by atoms with E-state index in [1.807, 2.05) is 6.07 Å². The Balaban J connectivity index is 1.48. The van der Waals surface area contributed by atoms with E-state index in [0.717, 1.165) is 38.5 Å². The van der Waals surface area contributed by atoms with E-state index >= 15 is 0 Å². The maximum absolute atomic E-state index is 14.1. The summed E-state index contributed by atoms with van der Waals surface area (Å²) in [5.74, 6) is -2.10. The molecule has 2 atom stereocenters. The van der Waals surface area contributed by atoms with Crippen LogP contribution in [0.1, 0.15) is 220 Å². The van der Waals surface area contributed by atoms with E-state index in [1.165, 1.54) is 128 Å². The van der Waals surface area contributed by atoms with Gasteiger partial charge in [0, 0.05) is 12.8 Å². The van der Waals surface area contributed by atoms with E-state index in [0.29, 0.717) is 23.5 Å². The number of hydrogen-bond donors (Lipinski definition) is 0. The Bertz CT molecular complexity index is 1600. The van der Waals surface area contributed by atoms with E-state index in [-0.39, 0.29) is 50.4 Å². The Morgan fingerprint density at radius 2 is 0.938 bits per heavy atom. The molecule has 65 heavy (non-hydrogen) atoms. The first-order valence-corrected chi connectivity index (χ1v) is 26.8. The number of phosphoric acid groups is 1. The third-order valence-electron chi connectivity index (χ3n) is 11.7. The number of esters is 2. The molecule has 0 spiro atoms. The second kappa shape index (κ2) is 35.7. The number of ether oxygens (including phenoxy) is 2. The molecule has 1 aliphatic rings. The summed E-state index contributed by atoms with van der Waals surface area (Å²) >= 11 is 0. The zero-order chi connectivity index (χ0) is 46.6. The van der Waals surface area contributed by atoms with Crippen LogP contribution in [0.15, 0.2) is 54.6 Å². The molecule has 2 aromatic carbocycles. The minimum atomic E-state index is -4.38. The molecule has 0 aromatic heterocycles. The quantitative estimate of drug-likeness (QED) is 0.0271. The van der Waals surface area contributed by atoms with Gasteiger partial charge in [-0.05, 0) is 30.5 Å². The molecule has 2 aromatic rings. The van der Waals surface area contributed by atoms with Gasteiger partial charge in [-0.3, -0.25) is 37.6 Å². The highest BCUT2D eigenvalue weighted by atomic mass is 31.2. The smallest absolute Gasteiger partial charge is 0.462 e. The van der Waals surface area contributed by atoms with E-state index < -0.39 is 44.3 Å². The molecule has 0 bridgehead atoms. The molecule has 0 radical (unpaired) electrons. The molecule has 0 saturated heterocycles. The van der Waals surface area contributed by atoms with Gasteiger partial charge < -0.3 is 9.47 Å². The van der Waals surface area contributed by atoms with Crippen LogP contribution in [0.3, 0.4) is 0 Å². The molecule has 3 rings (SSSR count). The maximum Gasteiger partial charge on any atom is 0.475 e. The van der Waals surface area contributed by atoms with Crippen LogP contribution in [0.5, 0.6) is 0 Å². The van der Waals surface area contributed by atoms with Gasteiger partial charge in [-0.1, -0.05) is 210 Å². The van der Waals surface area contributed by atoms with Crippen LogP contribution in [0.2, 0.25) is 0 Å². The molecule has 1 heterocycles. The third kappa shape index (κ3) is 25.3. The highest BCUT2D eigenvalue weighted by molar-refractivity contribution is 7.48. The lowest BCUT2D eigenvalue weighted by Gasteiger charge is -2.22. The number of carbonyl (C=O) groups is 4. The van der Waals surface area contributed by atoms with Crippen molar-refractivity contribution in [1.82, 2.24) is 5.06 Å². The van der Waals surface area contributed by atoms with Crippen molar-refractivity contribution in [3.8, 4) is 0 Å². The lowest BCUT2D eigenvalue weighted by molar-refractivity contribution is -0.161. The van der Waals surface area contributed by atoms with E-state index in [2.05, 4.69) is 13.8 Å². The Morgan fingerprint density at radius 3 is 1.42 bits per heavy atom. The Hall–Kier alpha value is -3.41. The van der Waals surface area contributed by atoms with Crippen LogP contribution in [0.4, 0.5) is 0 Å². The molecule has 1 aliphatic heterocycles. The molecule has 0 N–H and O–H groups in total. The highest BCUT2D eigenvalue weighted by Crippen LogP contribution is 2.50. The van der Waals surface area contributed by atoms with Crippen LogP contribution in [-0.2, 0) is 48.6 Å². The number of hydroxylamine groups is 2. The van der Waals surface area contributed by atoms with Crippen molar-refractivity contribution >= 4 is 31.6 Å². The summed E-state index contributed by atoms with van der Waals surface area (Å²) in [7, 11) is -4.38. The lowest BCUT2D eigenvalue weighted by atomic mass is 10.0. The number of imide groups is 1. The largest absolute Gasteiger partial charge is 0.475 e. The summed E-state index contributed by atoms with van der Waals surface area (Å²) in [4.78, 5) is 56.9. The van der Waals surface area contributed by atoms with Crippen molar-refractivity contribution in [2.75, 3.05) is 26.4 Å². The van der Waals surface area contributed by atoms with Crippen LogP contribution in [0, 0.1) is 0 Å². The molecular weight excluding hydrogens is 846 g/mol. The van der Waals surface area contributed by atoms with Gasteiger partial charge in [0.1, 0.15) is 6.61 Å². The standard InChI is InChI=1S/C52H82NO11P/c1-3-5-7-9-11-13-15-17-19-21-23-25-30-38-49(54)59-43-46(64-50(55)39-31-26-24-22-20-18-16-14-12-10-8-6-4-2)44-63-65(58,62-42-45-34-28-27-29-35-45)61-41-40-60-53-51(56)47-36-32-33-37-48(47)52(53)57/h27-29,32-37,46H,3-26,30-31,38-44H2,1-2H3/t46-,65?/m1/s1. The van der Waals surface area contributed by atoms with Gasteiger partial charge in [0.15, 0.2) is 6.10 Å².